The minimum absolute atomic E-state index is 0.193. The minimum atomic E-state index is -0.193. The average Bonchev–Trinajstić information content (AvgIpc) is 2.39. The maximum absolute atomic E-state index is 12.3. The molecule has 2 unspecified atom stereocenters. The lowest BCUT2D eigenvalue weighted by Crippen LogP contribution is -2.49. The lowest BCUT2D eigenvalue weighted by molar-refractivity contribution is -0.131. The van der Waals surface area contributed by atoms with Crippen molar-refractivity contribution >= 4 is 5.91 Å². The number of carbonyl (C=O) groups is 1. The molecule has 3 nitrogen and oxygen atoms in total. The highest BCUT2D eigenvalue weighted by Crippen LogP contribution is 2.25. The summed E-state index contributed by atoms with van der Waals surface area (Å²) in [6.45, 7) is 9.25. The van der Waals surface area contributed by atoms with Crippen LogP contribution in [-0.2, 0) is 4.79 Å². The van der Waals surface area contributed by atoms with Gasteiger partial charge in [-0.25, -0.2) is 0 Å². The van der Waals surface area contributed by atoms with E-state index in [0.717, 1.165) is 38.9 Å². The van der Waals surface area contributed by atoms with Crippen molar-refractivity contribution in [1.82, 2.24) is 10.6 Å². The van der Waals surface area contributed by atoms with E-state index in [9.17, 15) is 4.79 Å². The van der Waals surface area contributed by atoms with E-state index in [1.165, 1.54) is 19.3 Å². The zero-order valence-corrected chi connectivity index (χ0v) is 12.3. The van der Waals surface area contributed by atoms with Crippen LogP contribution in [0.1, 0.15) is 59.3 Å². The fourth-order valence-electron chi connectivity index (χ4n) is 2.64. The number of rotatable bonds is 7. The molecule has 1 heterocycles. The number of piperidine rings is 1. The van der Waals surface area contributed by atoms with Crippen LogP contribution in [0, 0.1) is 11.3 Å². The quantitative estimate of drug-likeness (QED) is 0.733. The molecule has 1 fully saturated rings. The molecule has 2 atom stereocenters. The van der Waals surface area contributed by atoms with E-state index in [1.54, 1.807) is 0 Å². The zero-order chi connectivity index (χ0) is 13.4. The van der Waals surface area contributed by atoms with Crippen LogP contribution in [0.4, 0.5) is 0 Å². The number of hydrogen-bond acceptors (Lipinski definition) is 2. The standard InChI is InChI=1S/C15H30N2O/c1-4-6-8-13(5-2)11-17-14(18)15(3)9-7-10-16-12-15/h13,16H,4-12H2,1-3H3,(H,17,18). The van der Waals surface area contributed by atoms with Crippen LogP contribution in [0.5, 0.6) is 0 Å². The Kier molecular flexibility index (Phi) is 6.69. The van der Waals surface area contributed by atoms with Gasteiger partial charge in [-0.1, -0.05) is 33.1 Å². The van der Waals surface area contributed by atoms with Crippen LogP contribution in [0.3, 0.4) is 0 Å². The molecule has 1 saturated heterocycles. The lowest BCUT2D eigenvalue weighted by Gasteiger charge is -2.33. The monoisotopic (exact) mass is 254 g/mol. The second-order valence-electron chi connectivity index (χ2n) is 5.97. The molecular formula is C15H30N2O. The topological polar surface area (TPSA) is 41.1 Å². The Hall–Kier alpha value is -0.570. The van der Waals surface area contributed by atoms with Gasteiger partial charge in [0.1, 0.15) is 0 Å². The largest absolute Gasteiger partial charge is 0.355 e. The Balaban J connectivity index is 2.34. The summed E-state index contributed by atoms with van der Waals surface area (Å²) >= 11 is 0. The summed E-state index contributed by atoms with van der Waals surface area (Å²) in [4.78, 5) is 12.3. The number of unbranched alkanes of at least 4 members (excludes halogenated alkanes) is 1. The van der Waals surface area contributed by atoms with E-state index in [1.807, 2.05) is 0 Å². The van der Waals surface area contributed by atoms with Crippen molar-refractivity contribution in [1.29, 1.82) is 0 Å². The first-order chi connectivity index (χ1) is 8.62. The molecule has 0 aromatic heterocycles. The van der Waals surface area contributed by atoms with Gasteiger partial charge in [0.05, 0.1) is 5.41 Å². The summed E-state index contributed by atoms with van der Waals surface area (Å²) in [6, 6.07) is 0. The van der Waals surface area contributed by atoms with Gasteiger partial charge in [-0.15, -0.1) is 0 Å². The van der Waals surface area contributed by atoms with Gasteiger partial charge in [0, 0.05) is 13.1 Å². The molecule has 0 saturated carbocycles. The molecular weight excluding hydrogens is 224 g/mol. The number of hydrogen-bond donors (Lipinski definition) is 2. The van der Waals surface area contributed by atoms with E-state index in [-0.39, 0.29) is 11.3 Å². The summed E-state index contributed by atoms with van der Waals surface area (Å²) in [5.74, 6) is 0.888. The van der Waals surface area contributed by atoms with Crippen LogP contribution in [0.15, 0.2) is 0 Å². The lowest BCUT2D eigenvalue weighted by atomic mass is 9.81. The number of nitrogens with one attached hydrogen (secondary N) is 2. The Morgan fingerprint density at radius 1 is 1.44 bits per heavy atom. The van der Waals surface area contributed by atoms with Gasteiger partial charge in [0.2, 0.25) is 5.91 Å². The highest BCUT2D eigenvalue weighted by molar-refractivity contribution is 5.82. The Labute approximate surface area is 112 Å². The van der Waals surface area contributed by atoms with Crippen molar-refractivity contribution in [2.75, 3.05) is 19.6 Å². The molecule has 1 amide bonds. The third-order valence-electron chi connectivity index (χ3n) is 4.24. The first kappa shape index (κ1) is 15.5. The molecule has 1 aliphatic heterocycles. The molecule has 1 aliphatic rings. The summed E-state index contributed by atoms with van der Waals surface area (Å²) in [7, 11) is 0. The molecule has 0 aromatic rings. The highest BCUT2D eigenvalue weighted by atomic mass is 16.2. The second kappa shape index (κ2) is 7.78. The predicted octanol–water partition coefficient (Wildman–Crippen LogP) is 2.71. The summed E-state index contributed by atoms with van der Waals surface area (Å²) in [5.41, 5.74) is -0.193. The minimum Gasteiger partial charge on any atom is -0.355 e. The normalized spacial score (nSPS) is 25.7. The predicted molar refractivity (Wildman–Crippen MR) is 76.5 cm³/mol. The molecule has 1 rings (SSSR count). The first-order valence-electron chi connectivity index (χ1n) is 7.61. The summed E-state index contributed by atoms with van der Waals surface area (Å²) in [5, 5.41) is 6.51. The summed E-state index contributed by atoms with van der Waals surface area (Å²) in [6.07, 6.45) is 7.03. The zero-order valence-electron chi connectivity index (χ0n) is 12.3. The van der Waals surface area contributed by atoms with Gasteiger partial charge in [-0.3, -0.25) is 4.79 Å². The van der Waals surface area contributed by atoms with Crippen LogP contribution in [0.2, 0.25) is 0 Å². The molecule has 0 radical (unpaired) electrons. The smallest absolute Gasteiger partial charge is 0.227 e. The molecule has 0 aromatic carbocycles. The molecule has 0 spiro atoms. The molecule has 2 N–H and O–H groups in total. The number of carbonyl (C=O) groups excluding carboxylic acids is 1. The van der Waals surface area contributed by atoms with E-state index in [4.69, 9.17) is 0 Å². The molecule has 18 heavy (non-hydrogen) atoms. The Bertz CT molecular complexity index is 247. The second-order valence-corrected chi connectivity index (χ2v) is 5.97. The average molecular weight is 254 g/mol. The van der Waals surface area contributed by atoms with Gasteiger partial charge < -0.3 is 10.6 Å². The molecule has 106 valence electrons. The number of amides is 1. The summed E-state index contributed by atoms with van der Waals surface area (Å²) < 4.78 is 0. The molecule has 0 aliphatic carbocycles. The van der Waals surface area contributed by atoms with Crippen LogP contribution < -0.4 is 10.6 Å². The molecule has 0 bridgehead atoms. The van der Waals surface area contributed by atoms with Gasteiger partial charge >= 0.3 is 0 Å². The fraction of sp³-hybridized carbons (Fsp3) is 0.933. The van der Waals surface area contributed by atoms with Crippen molar-refractivity contribution < 1.29 is 4.79 Å². The van der Waals surface area contributed by atoms with E-state index in [0.29, 0.717) is 5.92 Å². The van der Waals surface area contributed by atoms with Crippen molar-refractivity contribution in [2.24, 2.45) is 11.3 Å². The maximum atomic E-state index is 12.3. The van der Waals surface area contributed by atoms with Crippen molar-refractivity contribution in [3.63, 3.8) is 0 Å². The van der Waals surface area contributed by atoms with Gasteiger partial charge in [-0.2, -0.15) is 0 Å². The highest BCUT2D eigenvalue weighted by Gasteiger charge is 2.34. The Morgan fingerprint density at radius 2 is 2.22 bits per heavy atom. The Morgan fingerprint density at radius 3 is 2.78 bits per heavy atom. The SMILES string of the molecule is CCCCC(CC)CNC(=O)C1(C)CCCNC1. The first-order valence-corrected chi connectivity index (χ1v) is 7.61. The van der Waals surface area contributed by atoms with Crippen LogP contribution in [0.25, 0.3) is 0 Å². The van der Waals surface area contributed by atoms with Crippen LogP contribution >= 0.6 is 0 Å². The van der Waals surface area contributed by atoms with Gasteiger partial charge in [0.15, 0.2) is 0 Å². The van der Waals surface area contributed by atoms with E-state index < -0.39 is 0 Å². The maximum Gasteiger partial charge on any atom is 0.227 e. The van der Waals surface area contributed by atoms with Crippen LogP contribution in [-0.4, -0.2) is 25.5 Å². The van der Waals surface area contributed by atoms with E-state index >= 15 is 0 Å². The van der Waals surface area contributed by atoms with E-state index in [2.05, 4.69) is 31.4 Å². The third kappa shape index (κ3) is 4.60. The van der Waals surface area contributed by atoms with Crippen molar-refractivity contribution in [3.8, 4) is 0 Å². The van der Waals surface area contributed by atoms with Crippen molar-refractivity contribution in [2.45, 2.75) is 59.3 Å². The molecule has 3 heteroatoms. The third-order valence-corrected chi connectivity index (χ3v) is 4.24. The van der Waals surface area contributed by atoms with Gasteiger partial charge in [-0.05, 0) is 38.6 Å². The van der Waals surface area contributed by atoms with Crippen molar-refractivity contribution in [3.05, 3.63) is 0 Å². The van der Waals surface area contributed by atoms with Gasteiger partial charge in [0.25, 0.3) is 0 Å². The fourth-order valence-corrected chi connectivity index (χ4v) is 2.64.